The molecule has 0 aliphatic carbocycles. The van der Waals surface area contributed by atoms with E-state index in [2.05, 4.69) is 43.4 Å². The lowest BCUT2D eigenvalue weighted by atomic mass is 10.1. The topological polar surface area (TPSA) is 128 Å². The lowest BCUT2D eigenvalue weighted by molar-refractivity contribution is -0.144. The molecule has 0 radical (unpaired) electrons. The van der Waals surface area contributed by atoms with Crippen molar-refractivity contribution in [2.24, 2.45) is 0 Å². The van der Waals surface area contributed by atoms with Crippen LogP contribution in [0.4, 0.5) is 0 Å². The quantitative estimate of drug-likeness (QED) is 0.402. The summed E-state index contributed by atoms with van der Waals surface area (Å²) in [4.78, 5) is 26.0. The fourth-order valence-corrected chi connectivity index (χ4v) is 5.55. The van der Waals surface area contributed by atoms with E-state index in [1.807, 2.05) is 0 Å². The van der Waals surface area contributed by atoms with Crippen LogP contribution in [-0.2, 0) is 23.3 Å². The van der Waals surface area contributed by atoms with Crippen molar-refractivity contribution in [1.82, 2.24) is 14.2 Å². The number of aromatic nitrogens is 2. The van der Waals surface area contributed by atoms with E-state index in [4.69, 9.17) is 28.5 Å². The van der Waals surface area contributed by atoms with E-state index in [9.17, 15) is 9.59 Å². The molecular weight excluding hydrogens is 439 g/mol. The van der Waals surface area contributed by atoms with Crippen LogP contribution in [0.15, 0.2) is 21.9 Å². The fraction of sp³-hybridized carbons (Fsp3) is 0.750. The standard InChI is InChI=1S/C20H31N4O7P/c1-12(2)24(13(3)4)32(27-10-6-8-21)28-11-15-17-18(30-14(5)29-17)19(31-15)23-9-7-16(25)22-20(23)26/h7,9,12-15,17-19H,6,10-11H2,1-5H3,(H,22,25,26). The summed E-state index contributed by atoms with van der Waals surface area (Å²) in [6.45, 7) is 10.4. The second kappa shape index (κ2) is 11.0. The molecular formula is C20H31N4O7P. The van der Waals surface area contributed by atoms with Gasteiger partial charge in [-0.15, -0.1) is 0 Å². The summed E-state index contributed by atoms with van der Waals surface area (Å²) in [5.74, 6) is 0. The van der Waals surface area contributed by atoms with Gasteiger partial charge in [-0.05, 0) is 34.6 Å². The highest BCUT2D eigenvalue weighted by atomic mass is 31.2. The first-order valence-corrected chi connectivity index (χ1v) is 11.8. The molecule has 0 aromatic carbocycles. The minimum Gasteiger partial charge on any atom is -0.346 e. The average molecular weight is 470 g/mol. The van der Waals surface area contributed by atoms with Crippen molar-refractivity contribution < 1.29 is 23.3 Å². The van der Waals surface area contributed by atoms with Gasteiger partial charge < -0.3 is 23.3 Å². The predicted molar refractivity (Wildman–Crippen MR) is 116 cm³/mol. The van der Waals surface area contributed by atoms with Gasteiger partial charge in [-0.1, -0.05) is 0 Å². The third kappa shape index (κ3) is 5.64. The Morgan fingerprint density at radius 3 is 2.50 bits per heavy atom. The van der Waals surface area contributed by atoms with Crippen molar-refractivity contribution in [2.75, 3.05) is 13.2 Å². The Morgan fingerprint density at radius 2 is 1.88 bits per heavy atom. The van der Waals surface area contributed by atoms with Crippen molar-refractivity contribution in [3.8, 4) is 6.07 Å². The van der Waals surface area contributed by atoms with Gasteiger partial charge in [-0.2, -0.15) is 5.26 Å². The Hall–Kier alpha value is -1.64. The van der Waals surface area contributed by atoms with Crippen LogP contribution in [-0.4, -0.2) is 64.1 Å². The molecule has 2 aliphatic heterocycles. The van der Waals surface area contributed by atoms with E-state index >= 15 is 0 Å². The number of H-pyrrole nitrogens is 1. The number of aromatic amines is 1. The molecule has 0 spiro atoms. The predicted octanol–water partition coefficient (Wildman–Crippen LogP) is 1.86. The van der Waals surface area contributed by atoms with Crippen LogP contribution in [0.3, 0.4) is 0 Å². The maximum Gasteiger partial charge on any atom is 0.330 e. The third-order valence-electron chi connectivity index (χ3n) is 5.12. The highest BCUT2D eigenvalue weighted by Gasteiger charge is 2.53. The van der Waals surface area contributed by atoms with Gasteiger partial charge in [-0.3, -0.25) is 14.3 Å². The number of nitriles is 1. The Labute approximate surface area is 188 Å². The van der Waals surface area contributed by atoms with Crippen LogP contribution in [0, 0.1) is 11.3 Å². The van der Waals surface area contributed by atoms with Gasteiger partial charge in [0.15, 0.2) is 12.5 Å². The Bertz CT molecular complexity index is 906. The minimum atomic E-state index is -1.45. The maximum atomic E-state index is 12.3. The van der Waals surface area contributed by atoms with E-state index in [0.717, 1.165) is 0 Å². The van der Waals surface area contributed by atoms with E-state index < -0.39 is 50.6 Å². The largest absolute Gasteiger partial charge is 0.346 e. The van der Waals surface area contributed by atoms with Gasteiger partial charge in [0.05, 0.1) is 25.7 Å². The maximum absolute atomic E-state index is 12.3. The number of rotatable bonds is 10. The third-order valence-corrected chi connectivity index (χ3v) is 7.19. The number of hydrogen-bond acceptors (Lipinski definition) is 9. The Kier molecular flexibility index (Phi) is 8.58. The molecule has 178 valence electrons. The molecule has 32 heavy (non-hydrogen) atoms. The van der Waals surface area contributed by atoms with E-state index in [-0.39, 0.29) is 31.7 Å². The summed E-state index contributed by atoms with van der Waals surface area (Å²) in [7, 11) is -1.45. The van der Waals surface area contributed by atoms with Crippen LogP contribution >= 0.6 is 8.53 Å². The summed E-state index contributed by atoms with van der Waals surface area (Å²) in [6.07, 6.45) is -1.07. The number of hydrogen-bond donors (Lipinski definition) is 1. The van der Waals surface area contributed by atoms with Crippen LogP contribution in [0.2, 0.25) is 0 Å². The van der Waals surface area contributed by atoms with E-state index in [0.29, 0.717) is 0 Å². The van der Waals surface area contributed by atoms with Gasteiger partial charge in [0, 0.05) is 24.3 Å². The van der Waals surface area contributed by atoms with Crippen LogP contribution < -0.4 is 11.2 Å². The molecule has 1 aromatic heterocycles. The zero-order valence-corrected chi connectivity index (χ0v) is 19.9. The molecule has 6 unspecified atom stereocenters. The number of nitrogens with zero attached hydrogens (tertiary/aromatic N) is 3. The van der Waals surface area contributed by atoms with Crippen LogP contribution in [0.25, 0.3) is 0 Å². The zero-order chi connectivity index (χ0) is 23.4. The first-order chi connectivity index (χ1) is 15.2. The first kappa shape index (κ1) is 25.0. The second-order valence-electron chi connectivity index (χ2n) is 8.19. The molecule has 0 saturated carbocycles. The zero-order valence-electron chi connectivity index (χ0n) is 19.0. The lowest BCUT2D eigenvalue weighted by Crippen LogP contribution is -2.36. The molecule has 3 heterocycles. The number of fused-ring (bicyclic) bond motifs is 1. The molecule has 3 rings (SSSR count). The second-order valence-corrected chi connectivity index (χ2v) is 9.65. The molecule has 1 aromatic rings. The Balaban J connectivity index is 1.76. The smallest absolute Gasteiger partial charge is 0.330 e. The summed E-state index contributed by atoms with van der Waals surface area (Å²) >= 11 is 0. The molecule has 6 atom stereocenters. The summed E-state index contributed by atoms with van der Waals surface area (Å²) in [5.41, 5.74) is -1.07. The van der Waals surface area contributed by atoms with E-state index in [1.54, 1.807) is 6.92 Å². The van der Waals surface area contributed by atoms with Crippen molar-refractivity contribution in [1.29, 1.82) is 5.26 Å². The molecule has 0 amide bonds. The SMILES string of the molecule is CC1OC2C(COP(OCCC#N)N(C(C)C)C(C)C)OC(n3ccc(=O)[nH]c3=O)C2O1. The molecule has 12 heteroatoms. The molecule has 0 bridgehead atoms. The van der Waals surface area contributed by atoms with Crippen LogP contribution in [0.5, 0.6) is 0 Å². The van der Waals surface area contributed by atoms with Gasteiger partial charge in [-0.25, -0.2) is 9.46 Å². The van der Waals surface area contributed by atoms with Gasteiger partial charge in [0.2, 0.25) is 0 Å². The van der Waals surface area contributed by atoms with Gasteiger partial charge in [0.1, 0.15) is 18.3 Å². The van der Waals surface area contributed by atoms with E-state index in [1.165, 1.54) is 16.8 Å². The Morgan fingerprint density at radius 1 is 1.19 bits per heavy atom. The summed E-state index contributed by atoms with van der Waals surface area (Å²) in [5, 5.41) is 8.87. The number of nitrogens with one attached hydrogen (secondary N) is 1. The monoisotopic (exact) mass is 470 g/mol. The molecule has 2 aliphatic rings. The van der Waals surface area contributed by atoms with Gasteiger partial charge >= 0.3 is 5.69 Å². The average Bonchev–Trinajstić information content (AvgIpc) is 3.23. The summed E-state index contributed by atoms with van der Waals surface area (Å²) < 4.78 is 33.4. The van der Waals surface area contributed by atoms with Gasteiger partial charge in [0.25, 0.3) is 14.1 Å². The minimum absolute atomic E-state index is 0.153. The van der Waals surface area contributed by atoms with Crippen molar-refractivity contribution in [2.45, 2.75) is 84.0 Å². The molecule has 1 N–H and O–H groups in total. The fourth-order valence-electron chi connectivity index (χ4n) is 3.93. The number of ether oxygens (including phenoxy) is 3. The van der Waals surface area contributed by atoms with Crippen molar-refractivity contribution in [3.05, 3.63) is 33.1 Å². The highest BCUT2D eigenvalue weighted by molar-refractivity contribution is 7.44. The lowest BCUT2D eigenvalue weighted by Gasteiger charge is -2.36. The molecule has 2 fully saturated rings. The summed E-state index contributed by atoms with van der Waals surface area (Å²) in [6, 6.07) is 3.67. The molecule has 11 nitrogen and oxygen atoms in total. The van der Waals surface area contributed by atoms with Crippen molar-refractivity contribution >= 4 is 8.53 Å². The normalized spacial score (nSPS) is 28.4. The highest BCUT2D eigenvalue weighted by Crippen LogP contribution is 2.47. The first-order valence-electron chi connectivity index (χ1n) is 10.7. The van der Waals surface area contributed by atoms with Crippen molar-refractivity contribution in [3.63, 3.8) is 0 Å². The van der Waals surface area contributed by atoms with Crippen LogP contribution in [0.1, 0.15) is 47.3 Å². The molecule has 2 saturated heterocycles.